The van der Waals surface area contributed by atoms with Gasteiger partial charge in [-0.2, -0.15) is 10.3 Å². The lowest BCUT2D eigenvalue weighted by molar-refractivity contribution is -0.340. The Hall–Kier alpha value is -2.20. The van der Waals surface area contributed by atoms with Gasteiger partial charge in [0.15, 0.2) is 0 Å². The number of hydrogen-bond donors (Lipinski definition) is 1. The highest BCUT2D eigenvalue weighted by molar-refractivity contribution is 7.94. The Labute approximate surface area is 210 Å². The predicted octanol–water partition coefficient (Wildman–Crippen LogP) is 1.30. The van der Waals surface area contributed by atoms with Crippen LogP contribution in [0.3, 0.4) is 0 Å². The Morgan fingerprint density at radius 3 is 2.69 bits per heavy atom. The van der Waals surface area contributed by atoms with E-state index in [9.17, 15) is 14.9 Å². The molecule has 3 aliphatic heterocycles. The first kappa shape index (κ1) is 24.5. The number of benzene rings is 1. The van der Waals surface area contributed by atoms with Gasteiger partial charge < -0.3 is 15.5 Å². The van der Waals surface area contributed by atoms with Crippen molar-refractivity contribution in [2.75, 3.05) is 27.2 Å². The van der Waals surface area contributed by atoms with Gasteiger partial charge in [-0.15, -0.1) is 9.32 Å². The fraction of sp³-hybridized carbons (Fsp3) is 0.625. The molecule has 1 aliphatic carbocycles. The third kappa shape index (κ3) is 4.67. The maximum absolute atomic E-state index is 13.3. The summed E-state index contributed by atoms with van der Waals surface area (Å²) in [6.45, 7) is 3.10. The van der Waals surface area contributed by atoms with E-state index in [1.54, 1.807) is 19.0 Å². The molecule has 3 heterocycles. The zero-order chi connectivity index (χ0) is 24.9. The number of hydrogen-bond acceptors (Lipinski definition) is 9. The molecule has 1 aromatic rings. The van der Waals surface area contributed by atoms with E-state index >= 15 is 0 Å². The largest absolute Gasteiger partial charge is 0.330 e. The summed E-state index contributed by atoms with van der Waals surface area (Å²) in [6, 6.07) is 9.06. The Morgan fingerprint density at radius 2 is 2.03 bits per heavy atom. The number of nitriles is 1. The van der Waals surface area contributed by atoms with Crippen molar-refractivity contribution in [3.63, 3.8) is 0 Å². The molecular weight excluding hydrogens is 468 g/mol. The highest BCUT2D eigenvalue weighted by atomic mass is 32.2. The number of piperazine rings is 1. The molecule has 11 heteroatoms. The number of amides is 2. The Kier molecular flexibility index (Phi) is 6.78. The van der Waals surface area contributed by atoms with Crippen LogP contribution in [0.25, 0.3) is 0 Å². The van der Waals surface area contributed by atoms with Gasteiger partial charge in [-0.3, -0.25) is 14.5 Å². The molecule has 35 heavy (non-hydrogen) atoms. The van der Waals surface area contributed by atoms with E-state index in [-0.39, 0.29) is 42.0 Å². The molecule has 4 aliphatic rings. The Balaban J connectivity index is 1.16. The predicted molar refractivity (Wildman–Crippen MR) is 128 cm³/mol. The first-order chi connectivity index (χ1) is 16.8. The van der Waals surface area contributed by atoms with E-state index in [0.29, 0.717) is 19.0 Å². The van der Waals surface area contributed by atoms with Crippen molar-refractivity contribution in [2.45, 2.75) is 67.3 Å². The number of rotatable bonds is 9. The molecule has 2 bridgehead atoms. The summed E-state index contributed by atoms with van der Waals surface area (Å²) in [5, 5.41) is 10.9. The summed E-state index contributed by atoms with van der Waals surface area (Å²) in [5.74, 6) is 0.398. The van der Waals surface area contributed by atoms with Crippen molar-refractivity contribution in [3.8, 4) is 6.07 Å². The summed E-state index contributed by atoms with van der Waals surface area (Å²) >= 11 is 1.12. The lowest BCUT2D eigenvalue weighted by Crippen LogP contribution is -2.57. The van der Waals surface area contributed by atoms with Gasteiger partial charge in [0.2, 0.25) is 11.8 Å². The molecule has 0 aromatic heterocycles. The molecule has 3 saturated heterocycles. The van der Waals surface area contributed by atoms with Gasteiger partial charge in [-0.25, -0.2) is 0 Å². The molecule has 4 fully saturated rings. The number of hydroxylamine groups is 2. The summed E-state index contributed by atoms with van der Waals surface area (Å²) in [6.07, 6.45) is 2.49. The molecule has 5 rings (SSSR count). The fourth-order valence-electron chi connectivity index (χ4n) is 5.89. The summed E-state index contributed by atoms with van der Waals surface area (Å²) in [7, 11) is 3.47. The first-order valence-electron chi connectivity index (χ1n) is 12.1. The van der Waals surface area contributed by atoms with Gasteiger partial charge in [0.1, 0.15) is 6.04 Å². The number of nitrogens with two attached hydrogens (primary N) is 1. The first-order valence-corrected chi connectivity index (χ1v) is 12.8. The van der Waals surface area contributed by atoms with E-state index in [4.69, 9.17) is 15.1 Å². The van der Waals surface area contributed by atoms with E-state index < -0.39 is 6.04 Å². The maximum Gasteiger partial charge on any atom is 0.242 e. The van der Waals surface area contributed by atoms with Crippen LogP contribution < -0.4 is 5.73 Å². The minimum absolute atomic E-state index is 0.0549. The maximum atomic E-state index is 13.3. The van der Waals surface area contributed by atoms with E-state index in [1.807, 2.05) is 36.1 Å². The van der Waals surface area contributed by atoms with Crippen LogP contribution in [0.5, 0.6) is 0 Å². The molecule has 188 valence electrons. The molecule has 1 unspecified atom stereocenters. The van der Waals surface area contributed by atoms with E-state index in [1.165, 1.54) is 5.06 Å². The SMILES string of the molecule is C[C@H](c1ccc(SOON(C)C)cc1)N1C(=O)[C@H]2CC1CN2C[C@H](N)C(=O)N1[C@H](C#N)C[C@@H]2C[C@@H]21. The lowest BCUT2D eigenvalue weighted by atomic mass is 10.1. The molecule has 2 amide bonds. The average Bonchev–Trinajstić information content (AvgIpc) is 3.16. The quantitative estimate of drug-likeness (QED) is 0.304. The number of fused-ring (bicyclic) bond motifs is 3. The molecule has 1 aromatic carbocycles. The Morgan fingerprint density at radius 1 is 1.29 bits per heavy atom. The monoisotopic (exact) mass is 500 g/mol. The minimum atomic E-state index is -0.716. The van der Waals surface area contributed by atoms with Crippen molar-refractivity contribution in [1.29, 1.82) is 5.26 Å². The highest BCUT2D eigenvalue weighted by Crippen LogP contribution is 2.48. The molecule has 0 radical (unpaired) electrons. The summed E-state index contributed by atoms with van der Waals surface area (Å²) in [4.78, 5) is 37.9. The van der Waals surface area contributed by atoms with Crippen LogP contribution in [0.2, 0.25) is 0 Å². The third-order valence-corrected chi connectivity index (χ3v) is 8.25. The molecule has 7 atom stereocenters. The smallest absolute Gasteiger partial charge is 0.242 e. The van der Waals surface area contributed by atoms with E-state index in [2.05, 4.69) is 11.0 Å². The number of piperidine rings is 1. The van der Waals surface area contributed by atoms with Crippen LogP contribution in [0.1, 0.15) is 37.8 Å². The minimum Gasteiger partial charge on any atom is -0.330 e. The summed E-state index contributed by atoms with van der Waals surface area (Å²) < 4.78 is 5.07. The van der Waals surface area contributed by atoms with Gasteiger partial charge in [0.25, 0.3) is 0 Å². The van der Waals surface area contributed by atoms with Gasteiger partial charge in [-0.1, -0.05) is 12.1 Å². The molecule has 2 N–H and O–H groups in total. The van der Waals surface area contributed by atoms with E-state index in [0.717, 1.165) is 41.8 Å². The number of nitrogens with zero attached hydrogens (tertiary/aromatic N) is 5. The third-order valence-electron chi connectivity index (χ3n) is 7.66. The van der Waals surface area contributed by atoms with Crippen LogP contribution in [0.15, 0.2) is 29.2 Å². The van der Waals surface area contributed by atoms with Gasteiger partial charge in [0.05, 0.1) is 36.2 Å². The van der Waals surface area contributed by atoms with Crippen LogP contribution in [-0.2, 0) is 18.9 Å². The Bertz CT molecular complexity index is 1020. The molecule has 10 nitrogen and oxygen atoms in total. The zero-order valence-electron chi connectivity index (χ0n) is 20.2. The van der Waals surface area contributed by atoms with Gasteiger partial charge in [-0.05, 0) is 49.8 Å². The van der Waals surface area contributed by atoms with Gasteiger partial charge >= 0.3 is 0 Å². The van der Waals surface area contributed by atoms with Crippen LogP contribution >= 0.6 is 12.0 Å². The van der Waals surface area contributed by atoms with Crippen molar-refractivity contribution < 1.29 is 18.9 Å². The number of carbonyl (C=O) groups is 2. The standard InChI is InChI=1S/C24H32N6O4S/c1-14(15-4-6-19(7-5-15)35-34-33-27(2)3)29-18-10-22(24(29)32)28(12-18)13-20(26)23(31)30-17(11-25)8-16-9-21(16)30/h4-7,14,16-18,20-22H,8-10,12-13,26H2,1-3H3/t14-,16-,17+,18?,20+,21+,22-/m1/s1. The van der Waals surface area contributed by atoms with Crippen molar-refractivity contribution in [2.24, 2.45) is 11.7 Å². The van der Waals surface area contributed by atoms with Crippen molar-refractivity contribution in [1.82, 2.24) is 19.8 Å². The second kappa shape index (κ2) is 9.69. The number of likely N-dealkylation sites (tertiary alicyclic amines) is 3. The lowest BCUT2D eigenvalue weighted by Gasteiger charge is -2.38. The van der Waals surface area contributed by atoms with Crippen LogP contribution in [0, 0.1) is 17.2 Å². The topological polar surface area (TPSA) is 115 Å². The highest BCUT2D eigenvalue weighted by Gasteiger charge is 2.56. The average molecular weight is 501 g/mol. The zero-order valence-corrected chi connectivity index (χ0v) is 21.1. The van der Waals surface area contributed by atoms with Gasteiger partial charge in [0, 0.05) is 44.2 Å². The van der Waals surface area contributed by atoms with Crippen molar-refractivity contribution >= 4 is 23.9 Å². The van der Waals surface area contributed by atoms with Crippen molar-refractivity contribution in [3.05, 3.63) is 29.8 Å². The van der Waals surface area contributed by atoms with Crippen LogP contribution in [-0.4, -0.2) is 89.0 Å². The normalized spacial score (nSPS) is 31.1. The molecule has 1 saturated carbocycles. The second-order valence-electron chi connectivity index (χ2n) is 10.2. The van der Waals surface area contributed by atoms with Crippen LogP contribution in [0.4, 0.5) is 0 Å². The molecular formula is C24H32N6O4S. The molecule has 0 spiro atoms. The second-order valence-corrected chi connectivity index (χ2v) is 11.0. The summed E-state index contributed by atoms with van der Waals surface area (Å²) in [5.41, 5.74) is 7.37. The number of carbonyl (C=O) groups excluding carboxylic acids is 2. The fourth-order valence-corrected chi connectivity index (χ4v) is 6.37.